The van der Waals surface area contributed by atoms with Gasteiger partial charge in [-0.2, -0.15) is 0 Å². The minimum atomic E-state index is -0.980. The highest BCUT2D eigenvalue weighted by Gasteiger charge is 2.29. The maximum atomic E-state index is 13.4. The lowest BCUT2D eigenvalue weighted by Crippen LogP contribution is -2.24. The van der Waals surface area contributed by atoms with Crippen molar-refractivity contribution in [2.45, 2.75) is 57.5 Å². The predicted molar refractivity (Wildman–Crippen MR) is 147 cm³/mol. The van der Waals surface area contributed by atoms with Gasteiger partial charge in [0.15, 0.2) is 5.78 Å². The van der Waals surface area contributed by atoms with E-state index in [1.165, 1.54) is 16.8 Å². The van der Waals surface area contributed by atoms with E-state index in [0.29, 0.717) is 18.5 Å². The van der Waals surface area contributed by atoms with E-state index in [9.17, 15) is 19.5 Å². The number of nitrogens with one attached hydrogen (secondary N) is 1. The Bertz CT molecular complexity index is 1460. The third-order valence-electron chi connectivity index (χ3n) is 7.54. The topological polar surface area (TPSA) is 88.4 Å². The molecule has 194 valence electrons. The number of carbonyl (C=O) groups excluding carboxylic acids is 2. The Labute approximate surface area is 222 Å². The van der Waals surface area contributed by atoms with E-state index in [1.54, 1.807) is 0 Å². The van der Waals surface area contributed by atoms with E-state index in [-0.39, 0.29) is 24.7 Å². The molecule has 1 heterocycles. The van der Waals surface area contributed by atoms with Crippen LogP contribution in [0.15, 0.2) is 72.8 Å². The molecule has 4 aromatic rings. The first kappa shape index (κ1) is 25.5. The first-order chi connectivity index (χ1) is 18.5. The van der Waals surface area contributed by atoms with Crippen molar-refractivity contribution >= 4 is 29.1 Å². The molecule has 1 aliphatic rings. The second-order valence-corrected chi connectivity index (χ2v) is 9.99. The highest BCUT2D eigenvalue weighted by Crippen LogP contribution is 2.40. The molecule has 6 heteroatoms. The van der Waals surface area contributed by atoms with Crippen molar-refractivity contribution in [3.63, 3.8) is 0 Å². The highest BCUT2D eigenvalue weighted by atomic mass is 16.4. The van der Waals surface area contributed by atoms with Crippen LogP contribution in [0.2, 0.25) is 0 Å². The van der Waals surface area contributed by atoms with Gasteiger partial charge in [-0.25, -0.2) is 0 Å². The molecule has 6 nitrogen and oxygen atoms in total. The van der Waals surface area contributed by atoms with E-state index in [0.717, 1.165) is 54.1 Å². The Morgan fingerprint density at radius 2 is 1.66 bits per heavy atom. The van der Waals surface area contributed by atoms with Gasteiger partial charge in [-0.05, 0) is 60.9 Å². The number of carbonyl (C=O) groups is 3. The van der Waals surface area contributed by atoms with Crippen LogP contribution in [-0.2, 0) is 35.4 Å². The fourth-order valence-electron chi connectivity index (χ4n) is 5.73. The molecule has 0 spiro atoms. The average molecular weight is 509 g/mol. The number of carboxylic acids is 1. The Kier molecular flexibility index (Phi) is 7.68. The van der Waals surface area contributed by atoms with Gasteiger partial charge in [0.1, 0.15) is 0 Å². The van der Waals surface area contributed by atoms with E-state index in [1.807, 2.05) is 42.5 Å². The molecular weight excluding hydrogens is 476 g/mol. The number of hydrogen-bond donors (Lipinski definition) is 2. The van der Waals surface area contributed by atoms with Gasteiger partial charge in [-0.15, -0.1) is 0 Å². The summed E-state index contributed by atoms with van der Waals surface area (Å²) < 4.78 is 2.34. The molecule has 1 atom stereocenters. The van der Waals surface area contributed by atoms with E-state index in [4.69, 9.17) is 0 Å². The van der Waals surface area contributed by atoms with Crippen LogP contribution in [0.25, 0.3) is 10.9 Å². The Hall–Kier alpha value is -4.19. The Balaban J connectivity index is 1.66. The van der Waals surface area contributed by atoms with Crippen molar-refractivity contribution in [1.29, 1.82) is 0 Å². The molecular formula is C32H32N2O4. The first-order valence-corrected chi connectivity index (χ1v) is 13.3. The second kappa shape index (κ2) is 11.5. The van der Waals surface area contributed by atoms with Gasteiger partial charge in [0.25, 0.3) is 0 Å². The maximum Gasteiger partial charge on any atom is 0.303 e. The number of amides is 1. The average Bonchev–Trinajstić information content (AvgIpc) is 3.24. The standard InChI is InChI=1S/C32H32N2O4/c35-21-33-27-12-7-13-28-32(27)26-19-25(30(36)16-17-31(37)38)24(15-14-22-8-3-1-4-9-22)18-29(26)34(28)20-23-10-5-2-6-11-23/h1-6,8-11,18-19,21,27H,7,12-17,20H2,(H,33,35)(H,37,38). The van der Waals surface area contributed by atoms with Crippen LogP contribution >= 0.6 is 0 Å². The number of ketones is 1. The molecule has 2 N–H and O–H groups in total. The molecule has 1 amide bonds. The van der Waals surface area contributed by atoms with Gasteiger partial charge in [0.05, 0.1) is 12.5 Å². The Morgan fingerprint density at radius 1 is 0.947 bits per heavy atom. The van der Waals surface area contributed by atoms with Gasteiger partial charge in [-0.3, -0.25) is 14.4 Å². The summed E-state index contributed by atoms with van der Waals surface area (Å²) in [6.45, 7) is 0.699. The van der Waals surface area contributed by atoms with Crippen LogP contribution in [0, 0.1) is 0 Å². The van der Waals surface area contributed by atoms with E-state index in [2.05, 4.69) is 40.2 Å². The fraction of sp³-hybridized carbons (Fsp3) is 0.281. The number of hydrogen-bond acceptors (Lipinski definition) is 3. The summed E-state index contributed by atoms with van der Waals surface area (Å²) >= 11 is 0. The number of aryl methyl sites for hydroxylation is 2. The summed E-state index contributed by atoms with van der Waals surface area (Å²) in [4.78, 5) is 36.1. The third-order valence-corrected chi connectivity index (χ3v) is 7.54. The second-order valence-electron chi connectivity index (χ2n) is 9.99. The zero-order chi connectivity index (χ0) is 26.5. The number of carboxylic acid groups (broad SMARTS) is 1. The monoisotopic (exact) mass is 508 g/mol. The van der Waals surface area contributed by atoms with Crippen LogP contribution in [0.3, 0.4) is 0 Å². The van der Waals surface area contributed by atoms with Crippen molar-refractivity contribution in [2.24, 2.45) is 0 Å². The van der Waals surface area contributed by atoms with Gasteiger partial charge in [0.2, 0.25) is 6.41 Å². The summed E-state index contributed by atoms with van der Waals surface area (Å²) in [5.74, 6) is -1.13. The van der Waals surface area contributed by atoms with Crippen molar-refractivity contribution in [3.8, 4) is 0 Å². The number of rotatable bonds is 11. The Morgan fingerprint density at radius 3 is 2.34 bits per heavy atom. The number of aromatic nitrogens is 1. The molecule has 0 aliphatic heterocycles. The smallest absolute Gasteiger partial charge is 0.303 e. The lowest BCUT2D eigenvalue weighted by Gasteiger charge is -2.24. The minimum absolute atomic E-state index is 0.0396. The molecule has 1 aliphatic carbocycles. The third kappa shape index (κ3) is 5.40. The number of nitrogens with zero attached hydrogens (tertiary/aromatic N) is 1. The molecule has 1 unspecified atom stereocenters. The highest BCUT2D eigenvalue weighted by molar-refractivity contribution is 6.03. The van der Waals surface area contributed by atoms with Crippen molar-refractivity contribution in [3.05, 3.63) is 106 Å². The molecule has 1 aromatic heterocycles. The summed E-state index contributed by atoms with van der Waals surface area (Å²) in [5.41, 5.74) is 7.22. The lowest BCUT2D eigenvalue weighted by atomic mass is 9.88. The lowest BCUT2D eigenvalue weighted by molar-refractivity contribution is -0.137. The van der Waals surface area contributed by atoms with Crippen LogP contribution in [0.5, 0.6) is 0 Å². The zero-order valence-electron chi connectivity index (χ0n) is 21.4. The maximum absolute atomic E-state index is 13.4. The number of aliphatic carboxylic acids is 1. The number of Topliss-reactive ketones (excluding diaryl/α,β-unsaturated/α-hetero) is 1. The molecule has 3 aromatic carbocycles. The quantitative estimate of drug-likeness (QED) is 0.203. The van der Waals surface area contributed by atoms with E-state index < -0.39 is 5.97 Å². The summed E-state index contributed by atoms with van der Waals surface area (Å²) in [6.07, 6.45) is 4.68. The van der Waals surface area contributed by atoms with E-state index >= 15 is 0 Å². The van der Waals surface area contributed by atoms with Crippen LogP contribution in [-0.4, -0.2) is 27.8 Å². The molecule has 0 radical (unpaired) electrons. The van der Waals surface area contributed by atoms with Crippen LogP contribution in [0.4, 0.5) is 0 Å². The van der Waals surface area contributed by atoms with Crippen molar-refractivity contribution in [1.82, 2.24) is 9.88 Å². The summed E-state index contributed by atoms with van der Waals surface area (Å²) in [7, 11) is 0. The van der Waals surface area contributed by atoms with Gasteiger partial charge in [-0.1, -0.05) is 60.7 Å². The molecule has 0 bridgehead atoms. The molecule has 5 rings (SSSR count). The SMILES string of the molecule is O=CNC1CCCc2c1c1cc(C(=O)CCC(=O)O)c(CCc3ccccc3)cc1n2Cc1ccccc1. The van der Waals surface area contributed by atoms with Crippen molar-refractivity contribution < 1.29 is 19.5 Å². The zero-order valence-corrected chi connectivity index (χ0v) is 21.4. The fourth-order valence-corrected chi connectivity index (χ4v) is 5.73. The van der Waals surface area contributed by atoms with Gasteiger partial charge >= 0.3 is 5.97 Å². The number of fused-ring (bicyclic) bond motifs is 3. The predicted octanol–water partition coefficient (Wildman–Crippen LogP) is 5.65. The van der Waals surface area contributed by atoms with Gasteiger partial charge in [0, 0.05) is 40.7 Å². The van der Waals surface area contributed by atoms with Gasteiger partial charge < -0.3 is 15.0 Å². The molecule has 38 heavy (non-hydrogen) atoms. The summed E-state index contributed by atoms with van der Waals surface area (Å²) in [5, 5.41) is 13.2. The van der Waals surface area contributed by atoms with Crippen LogP contribution < -0.4 is 5.32 Å². The largest absolute Gasteiger partial charge is 0.481 e. The molecule has 0 saturated heterocycles. The van der Waals surface area contributed by atoms with Crippen LogP contribution in [0.1, 0.15) is 70.0 Å². The molecule has 0 fully saturated rings. The first-order valence-electron chi connectivity index (χ1n) is 13.3. The summed E-state index contributed by atoms with van der Waals surface area (Å²) in [6, 6.07) is 24.5. The normalized spacial score (nSPS) is 14.7. The minimum Gasteiger partial charge on any atom is -0.481 e. The number of benzene rings is 3. The molecule has 0 saturated carbocycles. The van der Waals surface area contributed by atoms with Crippen molar-refractivity contribution in [2.75, 3.05) is 0 Å².